The van der Waals surface area contributed by atoms with Crippen molar-refractivity contribution < 1.29 is 4.92 Å². The van der Waals surface area contributed by atoms with Crippen LogP contribution in [0.4, 0.5) is 5.69 Å². The molecule has 0 fully saturated rings. The summed E-state index contributed by atoms with van der Waals surface area (Å²) in [5.74, 6) is 0. The van der Waals surface area contributed by atoms with Gasteiger partial charge in [-0.1, -0.05) is 42.5 Å². The lowest BCUT2D eigenvalue weighted by Gasteiger charge is -2.00. The van der Waals surface area contributed by atoms with Crippen molar-refractivity contribution >= 4 is 28.7 Å². The topological polar surface area (TPSA) is 108 Å². The molecular formula is C21H13N5O2S. The number of non-ortho nitro benzene ring substituents is 1. The van der Waals surface area contributed by atoms with Crippen LogP contribution in [0.5, 0.6) is 0 Å². The molecule has 0 saturated carbocycles. The average molecular weight is 399 g/mol. The molecule has 0 spiro atoms. The lowest BCUT2D eigenvalue weighted by molar-refractivity contribution is -0.384. The van der Waals surface area contributed by atoms with E-state index in [1.165, 1.54) is 23.5 Å². The first kappa shape index (κ1) is 18.3. The van der Waals surface area contributed by atoms with Gasteiger partial charge in [0, 0.05) is 34.2 Å². The number of hydrogen-bond donors (Lipinski definition) is 1. The number of benzene rings is 2. The van der Waals surface area contributed by atoms with Gasteiger partial charge in [0.15, 0.2) is 0 Å². The number of H-pyrrole nitrogens is 1. The van der Waals surface area contributed by atoms with Gasteiger partial charge in [-0.05, 0) is 6.08 Å². The van der Waals surface area contributed by atoms with E-state index in [0.29, 0.717) is 21.8 Å². The first-order chi connectivity index (χ1) is 14.2. The minimum Gasteiger partial charge on any atom is -0.277 e. The third-order valence-corrected chi connectivity index (χ3v) is 5.11. The average Bonchev–Trinajstić information content (AvgIpc) is 3.42. The number of thiazole rings is 1. The van der Waals surface area contributed by atoms with Gasteiger partial charge < -0.3 is 0 Å². The Balaban J connectivity index is 1.69. The second-order valence-corrected chi connectivity index (χ2v) is 6.94. The van der Waals surface area contributed by atoms with Crippen LogP contribution < -0.4 is 0 Å². The number of nitriles is 1. The molecule has 140 valence electrons. The van der Waals surface area contributed by atoms with Crippen molar-refractivity contribution in [2.75, 3.05) is 0 Å². The van der Waals surface area contributed by atoms with Crippen LogP contribution in [0.2, 0.25) is 0 Å². The molecule has 0 unspecified atom stereocenters. The van der Waals surface area contributed by atoms with Gasteiger partial charge in [-0.3, -0.25) is 15.2 Å². The lowest BCUT2D eigenvalue weighted by atomic mass is 10.1. The van der Waals surface area contributed by atoms with Crippen molar-refractivity contribution in [3.05, 3.63) is 86.9 Å². The van der Waals surface area contributed by atoms with Crippen LogP contribution in [0.25, 0.3) is 34.2 Å². The SMILES string of the molecule is N#CC(=Cc1cn[nH]c1-c1ccccc1)c1nc(-c2cccc([N+](=O)[O-])c2)cs1. The molecule has 4 aromatic rings. The zero-order chi connectivity index (χ0) is 20.2. The van der Waals surface area contributed by atoms with E-state index in [1.807, 2.05) is 30.3 Å². The number of allylic oxidation sites excluding steroid dienone is 1. The highest BCUT2D eigenvalue weighted by Gasteiger charge is 2.13. The predicted molar refractivity (Wildman–Crippen MR) is 112 cm³/mol. The Labute approximate surface area is 169 Å². The molecule has 2 aromatic heterocycles. The Morgan fingerprint density at radius 3 is 2.72 bits per heavy atom. The Morgan fingerprint density at radius 1 is 1.17 bits per heavy atom. The van der Waals surface area contributed by atoms with Crippen LogP contribution in [0.3, 0.4) is 0 Å². The van der Waals surface area contributed by atoms with E-state index in [-0.39, 0.29) is 5.69 Å². The number of nitrogens with zero attached hydrogens (tertiary/aromatic N) is 4. The summed E-state index contributed by atoms with van der Waals surface area (Å²) in [4.78, 5) is 15.1. The molecule has 0 aliphatic rings. The number of nitro groups is 1. The van der Waals surface area contributed by atoms with Crippen molar-refractivity contribution in [1.82, 2.24) is 15.2 Å². The smallest absolute Gasteiger partial charge is 0.270 e. The van der Waals surface area contributed by atoms with Crippen LogP contribution in [-0.2, 0) is 0 Å². The molecule has 0 aliphatic heterocycles. The molecule has 1 N–H and O–H groups in total. The zero-order valence-electron chi connectivity index (χ0n) is 14.9. The van der Waals surface area contributed by atoms with Crippen molar-refractivity contribution in [2.45, 2.75) is 0 Å². The molecule has 0 aliphatic carbocycles. The monoisotopic (exact) mass is 399 g/mol. The quantitative estimate of drug-likeness (QED) is 0.283. The predicted octanol–water partition coefficient (Wildman–Crippen LogP) is 5.17. The summed E-state index contributed by atoms with van der Waals surface area (Å²) >= 11 is 1.31. The first-order valence-electron chi connectivity index (χ1n) is 8.57. The van der Waals surface area contributed by atoms with Crippen molar-refractivity contribution in [1.29, 1.82) is 5.26 Å². The Hall–Kier alpha value is -4.09. The highest BCUT2D eigenvalue weighted by atomic mass is 32.1. The fourth-order valence-corrected chi connectivity index (χ4v) is 3.64. The molecule has 4 rings (SSSR count). The molecular weight excluding hydrogens is 386 g/mol. The molecule has 0 radical (unpaired) electrons. The van der Waals surface area contributed by atoms with Gasteiger partial charge in [0.2, 0.25) is 0 Å². The van der Waals surface area contributed by atoms with Gasteiger partial charge >= 0.3 is 0 Å². The minimum absolute atomic E-state index is 0.000927. The van der Waals surface area contributed by atoms with Crippen LogP contribution in [-0.4, -0.2) is 20.1 Å². The summed E-state index contributed by atoms with van der Waals surface area (Å²) < 4.78 is 0. The highest BCUT2D eigenvalue weighted by molar-refractivity contribution is 7.11. The van der Waals surface area contributed by atoms with Crippen LogP contribution in [0.15, 0.2) is 66.2 Å². The fourth-order valence-electron chi connectivity index (χ4n) is 2.85. The summed E-state index contributed by atoms with van der Waals surface area (Å²) in [6.45, 7) is 0. The Bertz CT molecular complexity index is 1250. The third-order valence-electron chi connectivity index (χ3n) is 4.24. The second-order valence-electron chi connectivity index (χ2n) is 6.08. The van der Waals surface area contributed by atoms with E-state index >= 15 is 0 Å². The van der Waals surface area contributed by atoms with Gasteiger partial charge in [-0.25, -0.2) is 4.98 Å². The van der Waals surface area contributed by atoms with E-state index in [0.717, 1.165) is 16.8 Å². The van der Waals surface area contributed by atoms with Gasteiger partial charge in [-0.15, -0.1) is 11.3 Å². The normalized spacial score (nSPS) is 11.2. The van der Waals surface area contributed by atoms with Gasteiger partial charge in [0.05, 0.1) is 28.1 Å². The Kier molecular flexibility index (Phi) is 4.97. The molecule has 0 bridgehead atoms. The lowest BCUT2D eigenvalue weighted by Crippen LogP contribution is -1.88. The molecule has 0 saturated heterocycles. The van der Waals surface area contributed by atoms with Crippen molar-refractivity contribution in [2.24, 2.45) is 0 Å². The summed E-state index contributed by atoms with van der Waals surface area (Å²) in [6, 6.07) is 18.2. The number of aromatic amines is 1. The third kappa shape index (κ3) is 3.81. The standard InChI is InChI=1S/C21H13N5O2S/c22-11-16(9-17-12-23-25-20(17)14-5-2-1-3-6-14)21-24-19(13-29-21)15-7-4-8-18(10-15)26(27)28/h1-10,12-13H,(H,23,25). The van der Waals surface area contributed by atoms with Crippen LogP contribution in [0.1, 0.15) is 10.6 Å². The highest BCUT2D eigenvalue weighted by Crippen LogP contribution is 2.30. The second kappa shape index (κ2) is 7.88. The maximum atomic E-state index is 11.0. The molecule has 2 heterocycles. The number of rotatable bonds is 5. The van der Waals surface area contributed by atoms with E-state index in [4.69, 9.17) is 0 Å². The van der Waals surface area contributed by atoms with E-state index in [1.54, 1.807) is 29.8 Å². The Morgan fingerprint density at radius 2 is 1.97 bits per heavy atom. The van der Waals surface area contributed by atoms with Gasteiger partial charge in [0.1, 0.15) is 11.1 Å². The maximum Gasteiger partial charge on any atom is 0.270 e. The molecule has 0 atom stereocenters. The van der Waals surface area contributed by atoms with Gasteiger partial charge in [0.25, 0.3) is 5.69 Å². The van der Waals surface area contributed by atoms with Crippen molar-refractivity contribution in [3.8, 4) is 28.6 Å². The van der Waals surface area contributed by atoms with E-state index in [2.05, 4.69) is 21.3 Å². The van der Waals surface area contributed by atoms with Gasteiger partial charge in [-0.2, -0.15) is 10.4 Å². The molecule has 0 amide bonds. The van der Waals surface area contributed by atoms with E-state index < -0.39 is 4.92 Å². The first-order valence-corrected chi connectivity index (χ1v) is 9.45. The molecule has 2 aromatic carbocycles. The summed E-state index contributed by atoms with van der Waals surface area (Å²) in [6.07, 6.45) is 3.40. The summed E-state index contributed by atoms with van der Waals surface area (Å²) in [5, 5.41) is 30.0. The fraction of sp³-hybridized carbons (Fsp3) is 0. The zero-order valence-corrected chi connectivity index (χ0v) is 15.8. The minimum atomic E-state index is -0.443. The number of aromatic nitrogens is 3. The van der Waals surface area contributed by atoms with Crippen LogP contribution in [0, 0.1) is 21.4 Å². The number of nitro benzene ring substituents is 1. The summed E-state index contributed by atoms with van der Waals surface area (Å²) in [7, 11) is 0. The number of nitrogens with one attached hydrogen (secondary N) is 1. The maximum absolute atomic E-state index is 11.0. The molecule has 29 heavy (non-hydrogen) atoms. The summed E-state index contributed by atoms with van der Waals surface area (Å²) in [5.41, 5.74) is 4.17. The molecule has 7 nitrogen and oxygen atoms in total. The van der Waals surface area contributed by atoms with Crippen molar-refractivity contribution in [3.63, 3.8) is 0 Å². The van der Waals surface area contributed by atoms with E-state index in [9.17, 15) is 15.4 Å². The largest absolute Gasteiger partial charge is 0.277 e. The van der Waals surface area contributed by atoms with Crippen LogP contribution >= 0.6 is 11.3 Å². The number of hydrogen-bond acceptors (Lipinski definition) is 6. The molecule has 8 heteroatoms.